The normalized spacial score (nSPS) is 35.0. The first-order valence-corrected chi connectivity index (χ1v) is 9.14. The van der Waals surface area contributed by atoms with E-state index < -0.39 is 0 Å². The summed E-state index contributed by atoms with van der Waals surface area (Å²) in [7, 11) is 0. The molecule has 5 rings (SSSR count). The van der Waals surface area contributed by atoms with Crippen LogP contribution in [0.3, 0.4) is 0 Å². The zero-order chi connectivity index (χ0) is 16.3. The van der Waals surface area contributed by atoms with Gasteiger partial charge in [0.25, 0.3) is 0 Å². The van der Waals surface area contributed by atoms with Gasteiger partial charge < -0.3 is 10.1 Å². The molecule has 5 aliphatic rings. The molecular weight excluding hydrogens is 300 g/mol. The van der Waals surface area contributed by atoms with Crippen LogP contribution in [0, 0.1) is 17.2 Å². The van der Waals surface area contributed by atoms with Crippen molar-refractivity contribution in [2.45, 2.75) is 50.6 Å². The van der Waals surface area contributed by atoms with Crippen LogP contribution >= 0.6 is 0 Å². The topological polar surface area (TPSA) is 62.9 Å². The summed E-state index contributed by atoms with van der Waals surface area (Å²) in [4.78, 5) is 4.99. The lowest BCUT2D eigenvalue weighted by Gasteiger charge is -2.50. The number of hydrogen-bond acceptors (Lipinski definition) is 5. The fourth-order valence-corrected chi connectivity index (χ4v) is 5.57. The molecule has 1 fully saturated rings. The van der Waals surface area contributed by atoms with Crippen molar-refractivity contribution < 1.29 is 5.21 Å². The molecule has 0 saturated carbocycles. The Morgan fingerprint density at radius 3 is 3.04 bits per heavy atom. The van der Waals surface area contributed by atoms with Crippen molar-refractivity contribution in [3.05, 3.63) is 34.7 Å². The molecule has 0 aromatic carbocycles. The lowest BCUT2D eigenvalue weighted by atomic mass is 9.79. The van der Waals surface area contributed by atoms with Gasteiger partial charge in [0.15, 0.2) is 0 Å². The maximum absolute atomic E-state index is 9.47. The molecule has 0 aromatic heterocycles. The number of hydrogen-bond donors (Lipinski definition) is 1. The van der Waals surface area contributed by atoms with Crippen LogP contribution in [0.5, 0.6) is 0 Å². The van der Waals surface area contributed by atoms with Gasteiger partial charge in [0.2, 0.25) is 5.71 Å². The summed E-state index contributed by atoms with van der Waals surface area (Å²) in [6.45, 7) is 2.33. The average molecular weight is 322 g/mol. The Balaban J connectivity index is 1.72. The molecule has 2 unspecified atom stereocenters. The standard InChI is InChI=1S/C19H22N4O/c20-11-15(21-24)17-10-12-4-3-8-22-9-7-14-13-5-1-2-6-16(13)23(17)19(14)18(12)22/h5,10,12,16,18,24H,1-4,6-9H2/b21-15+/t12?,16?,18-/m0/s1. The summed E-state index contributed by atoms with van der Waals surface area (Å²) in [6, 6.07) is 2.89. The first kappa shape index (κ1) is 14.3. The largest absolute Gasteiger partial charge is 0.410 e. The predicted molar refractivity (Wildman–Crippen MR) is 90.2 cm³/mol. The third-order valence-corrected chi connectivity index (χ3v) is 6.42. The average Bonchev–Trinajstić information content (AvgIpc) is 2.97. The highest BCUT2D eigenvalue weighted by Gasteiger charge is 2.51. The Morgan fingerprint density at radius 1 is 1.29 bits per heavy atom. The van der Waals surface area contributed by atoms with E-state index in [4.69, 9.17) is 0 Å². The number of oxime groups is 1. The fourth-order valence-electron chi connectivity index (χ4n) is 5.57. The maximum atomic E-state index is 9.47. The first-order chi connectivity index (χ1) is 11.8. The Morgan fingerprint density at radius 2 is 2.21 bits per heavy atom. The molecular formula is C19H22N4O. The van der Waals surface area contributed by atoms with Crippen molar-refractivity contribution in [1.29, 1.82) is 5.26 Å². The summed E-state index contributed by atoms with van der Waals surface area (Å²) in [5.41, 5.74) is 5.43. The summed E-state index contributed by atoms with van der Waals surface area (Å²) < 4.78 is 0. The molecule has 0 aromatic rings. The number of nitrogens with zero attached hydrogens (tertiary/aromatic N) is 4. The van der Waals surface area contributed by atoms with Crippen LogP contribution in [-0.4, -0.2) is 45.9 Å². The molecule has 0 radical (unpaired) electrons. The Hall–Kier alpha value is -2.06. The van der Waals surface area contributed by atoms with E-state index in [2.05, 4.69) is 33.2 Å². The highest BCUT2D eigenvalue weighted by Crippen LogP contribution is 2.52. The molecule has 0 bridgehead atoms. The second kappa shape index (κ2) is 5.22. The van der Waals surface area contributed by atoms with Crippen LogP contribution in [0.1, 0.15) is 38.5 Å². The van der Waals surface area contributed by atoms with E-state index in [0.29, 0.717) is 18.0 Å². The Labute approximate surface area is 142 Å². The number of piperidine rings is 1. The molecule has 5 nitrogen and oxygen atoms in total. The number of nitriles is 1. The monoisotopic (exact) mass is 322 g/mol. The number of fused-ring (bicyclic) bond motifs is 3. The molecule has 1 N–H and O–H groups in total. The van der Waals surface area contributed by atoms with E-state index in [1.165, 1.54) is 36.2 Å². The molecule has 5 heteroatoms. The SMILES string of the molecule is N#C/C(=N\O)C1=CC2CCCN3CCC4=C([C@H]23)N1C1CCCC=C41. The van der Waals surface area contributed by atoms with Gasteiger partial charge in [0.05, 0.1) is 17.8 Å². The van der Waals surface area contributed by atoms with Crippen LogP contribution in [0.2, 0.25) is 0 Å². The molecule has 124 valence electrons. The van der Waals surface area contributed by atoms with Crippen molar-refractivity contribution in [2.24, 2.45) is 11.1 Å². The third-order valence-electron chi connectivity index (χ3n) is 6.42. The van der Waals surface area contributed by atoms with Crippen LogP contribution in [-0.2, 0) is 0 Å². The van der Waals surface area contributed by atoms with E-state index in [-0.39, 0.29) is 5.71 Å². The summed E-state index contributed by atoms with van der Waals surface area (Å²) in [5, 5.41) is 22.2. The molecule has 4 aliphatic heterocycles. The van der Waals surface area contributed by atoms with Crippen LogP contribution in [0.4, 0.5) is 0 Å². The molecule has 0 spiro atoms. The minimum absolute atomic E-state index is 0.162. The molecule has 3 atom stereocenters. The zero-order valence-corrected chi connectivity index (χ0v) is 13.8. The van der Waals surface area contributed by atoms with Gasteiger partial charge in [-0.3, -0.25) is 4.90 Å². The van der Waals surface area contributed by atoms with Gasteiger partial charge in [0.1, 0.15) is 6.07 Å². The molecule has 1 aliphatic carbocycles. The fraction of sp³-hybridized carbons (Fsp3) is 0.579. The minimum Gasteiger partial charge on any atom is -0.410 e. The minimum atomic E-state index is 0.162. The van der Waals surface area contributed by atoms with Crippen molar-refractivity contribution in [3.8, 4) is 6.07 Å². The molecule has 0 amide bonds. The van der Waals surface area contributed by atoms with Crippen molar-refractivity contribution in [2.75, 3.05) is 13.1 Å². The van der Waals surface area contributed by atoms with Gasteiger partial charge in [0, 0.05) is 18.2 Å². The summed E-state index contributed by atoms with van der Waals surface area (Å²) in [5.74, 6) is 0.432. The van der Waals surface area contributed by atoms with Gasteiger partial charge in [-0.25, -0.2) is 0 Å². The smallest absolute Gasteiger partial charge is 0.202 e. The first-order valence-electron chi connectivity index (χ1n) is 9.14. The van der Waals surface area contributed by atoms with E-state index in [0.717, 1.165) is 37.9 Å². The third kappa shape index (κ3) is 1.75. The van der Waals surface area contributed by atoms with Crippen LogP contribution in [0.25, 0.3) is 0 Å². The second-order valence-electron chi connectivity index (χ2n) is 7.49. The van der Waals surface area contributed by atoms with E-state index >= 15 is 0 Å². The van der Waals surface area contributed by atoms with E-state index in [1.54, 1.807) is 0 Å². The Kier molecular flexibility index (Phi) is 3.11. The lowest BCUT2D eigenvalue weighted by molar-refractivity contribution is 0.0983. The molecule has 1 saturated heterocycles. The van der Waals surface area contributed by atoms with Gasteiger partial charge in [-0.2, -0.15) is 5.26 Å². The quantitative estimate of drug-likeness (QED) is 0.458. The zero-order valence-electron chi connectivity index (χ0n) is 13.8. The lowest BCUT2D eigenvalue weighted by Crippen LogP contribution is -2.54. The van der Waals surface area contributed by atoms with E-state index in [1.807, 2.05) is 0 Å². The predicted octanol–water partition coefficient (Wildman–Crippen LogP) is 2.77. The van der Waals surface area contributed by atoms with Crippen LogP contribution in [0.15, 0.2) is 39.8 Å². The Bertz CT molecular complexity index is 754. The van der Waals surface area contributed by atoms with Gasteiger partial charge in [-0.05, 0) is 56.2 Å². The van der Waals surface area contributed by atoms with Crippen LogP contribution < -0.4 is 0 Å². The van der Waals surface area contributed by atoms with Gasteiger partial charge in [-0.15, -0.1) is 0 Å². The molecule has 4 heterocycles. The van der Waals surface area contributed by atoms with Crippen molar-refractivity contribution in [1.82, 2.24) is 9.80 Å². The summed E-state index contributed by atoms with van der Waals surface area (Å²) >= 11 is 0. The molecule has 24 heavy (non-hydrogen) atoms. The van der Waals surface area contributed by atoms with E-state index in [9.17, 15) is 10.5 Å². The second-order valence-corrected chi connectivity index (χ2v) is 7.49. The highest BCUT2D eigenvalue weighted by atomic mass is 16.4. The van der Waals surface area contributed by atoms with Gasteiger partial charge >= 0.3 is 0 Å². The van der Waals surface area contributed by atoms with Gasteiger partial charge in [-0.1, -0.05) is 17.3 Å². The van der Waals surface area contributed by atoms with Crippen molar-refractivity contribution in [3.63, 3.8) is 0 Å². The number of rotatable bonds is 1. The van der Waals surface area contributed by atoms with Crippen molar-refractivity contribution >= 4 is 5.71 Å². The maximum Gasteiger partial charge on any atom is 0.202 e. The highest BCUT2D eigenvalue weighted by molar-refractivity contribution is 6.11. The summed E-state index contributed by atoms with van der Waals surface area (Å²) in [6.07, 6.45) is 11.6. The number of allylic oxidation sites excluding steroid dienone is 2.